The Balaban J connectivity index is 2.46. The topological polar surface area (TPSA) is 66.4 Å². The number of benzene rings is 1. The lowest BCUT2D eigenvalue weighted by atomic mass is 10.00. The molecule has 2 N–H and O–H groups in total. The number of unbranched alkanes of at least 4 members (excludes halogenated alkanes) is 3. The van der Waals surface area contributed by atoms with Crippen LogP contribution in [0.4, 0.5) is 0 Å². The molecule has 1 amide bonds. The fraction of sp³-hybridized carbons (Fsp3) is 0.478. The van der Waals surface area contributed by atoms with Crippen LogP contribution in [0.5, 0.6) is 5.75 Å². The second kappa shape index (κ2) is 12.9. The van der Waals surface area contributed by atoms with Gasteiger partial charge in [0.25, 0.3) is 0 Å². The maximum absolute atomic E-state index is 12.1. The molecule has 0 spiro atoms. The zero-order chi connectivity index (χ0) is 20.1. The fourth-order valence-electron chi connectivity index (χ4n) is 2.94. The SMILES string of the molecule is CCCCCC[C@@H](C)/C=C(C)/C=C/C(=O)NC(C=O)Cc1ccc(O)cc1. The maximum atomic E-state index is 12.1. The standard InChI is InChI=1S/C23H33NO3/c1-4-5-6-7-8-18(2)15-19(3)9-14-23(27)24-21(17-25)16-20-10-12-22(26)13-11-20/h9-15,17-18,21,26H,4-8,16H2,1-3H3,(H,24,27)/b14-9+,19-15+/t18-,21?/m1/s1. The highest BCUT2D eigenvalue weighted by Gasteiger charge is 2.10. The fourth-order valence-corrected chi connectivity index (χ4v) is 2.94. The first-order valence-electron chi connectivity index (χ1n) is 9.84. The molecule has 0 aliphatic rings. The number of phenolic OH excluding ortho intramolecular Hbond substituents is 1. The van der Waals surface area contributed by atoms with E-state index < -0.39 is 6.04 Å². The van der Waals surface area contributed by atoms with E-state index in [1.807, 2.05) is 6.92 Å². The van der Waals surface area contributed by atoms with Crippen molar-refractivity contribution in [2.75, 3.05) is 0 Å². The van der Waals surface area contributed by atoms with Crippen LogP contribution in [0.25, 0.3) is 0 Å². The van der Waals surface area contributed by atoms with Crippen LogP contribution in [0.1, 0.15) is 58.4 Å². The van der Waals surface area contributed by atoms with Gasteiger partial charge in [-0.3, -0.25) is 4.79 Å². The van der Waals surface area contributed by atoms with Gasteiger partial charge in [-0.2, -0.15) is 0 Å². The second-order valence-corrected chi connectivity index (χ2v) is 7.19. The molecular formula is C23H33NO3. The predicted molar refractivity (Wildman–Crippen MR) is 111 cm³/mol. The highest BCUT2D eigenvalue weighted by atomic mass is 16.3. The van der Waals surface area contributed by atoms with Gasteiger partial charge in [0, 0.05) is 6.08 Å². The van der Waals surface area contributed by atoms with Crippen molar-refractivity contribution < 1.29 is 14.7 Å². The molecule has 0 saturated heterocycles. The summed E-state index contributed by atoms with van der Waals surface area (Å²) in [7, 11) is 0. The molecule has 0 bridgehead atoms. The maximum Gasteiger partial charge on any atom is 0.244 e. The van der Waals surface area contributed by atoms with E-state index >= 15 is 0 Å². The van der Waals surface area contributed by atoms with Crippen molar-refractivity contribution in [3.63, 3.8) is 0 Å². The molecule has 0 aromatic heterocycles. The minimum absolute atomic E-state index is 0.176. The number of amides is 1. The van der Waals surface area contributed by atoms with E-state index in [2.05, 4.69) is 25.2 Å². The van der Waals surface area contributed by atoms with E-state index in [0.29, 0.717) is 12.3 Å². The first-order valence-corrected chi connectivity index (χ1v) is 9.84. The molecule has 1 aromatic rings. The third-order valence-corrected chi connectivity index (χ3v) is 4.44. The van der Waals surface area contributed by atoms with E-state index in [1.165, 1.54) is 31.8 Å². The molecule has 4 nitrogen and oxygen atoms in total. The quantitative estimate of drug-likeness (QED) is 0.242. The minimum atomic E-state index is -0.589. The molecule has 0 aliphatic carbocycles. The molecule has 27 heavy (non-hydrogen) atoms. The van der Waals surface area contributed by atoms with Crippen molar-refractivity contribution in [2.45, 2.75) is 65.3 Å². The zero-order valence-electron chi connectivity index (χ0n) is 16.8. The van der Waals surface area contributed by atoms with Crippen molar-refractivity contribution in [1.82, 2.24) is 5.32 Å². The number of phenols is 1. The third-order valence-electron chi connectivity index (χ3n) is 4.44. The number of hydrogen-bond donors (Lipinski definition) is 2. The Morgan fingerprint density at radius 1 is 1.15 bits per heavy atom. The van der Waals surface area contributed by atoms with Crippen LogP contribution in [0.15, 0.2) is 48.1 Å². The predicted octanol–water partition coefficient (Wildman–Crippen LogP) is 4.73. The van der Waals surface area contributed by atoms with Gasteiger partial charge in [0.1, 0.15) is 12.0 Å². The average Bonchev–Trinajstić information content (AvgIpc) is 2.64. The molecule has 1 rings (SSSR count). The number of aldehydes is 1. The summed E-state index contributed by atoms with van der Waals surface area (Å²) in [6, 6.07) is 6.02. The first-order chi connectivity index (χ1) is 12.9. The molecule has 0 aliphatic heterocycles. The van der Waals surface area contributed by atoms with Crippen LogP contribution in [-0.4, -0.2) is 23.3 Å². The largest absolute Gasteiger partial charge is 0.508 e. The summed E-state index contributed by atoms with van der Waals surface area (Å²) in [5, 5.41) is 12.0. The minimum Gasteiger partial charge on any atom is -0.508 e. The first kappa shape index (κ1) is 22.7. The summed E-state index contributed by atoms with van der Waals surface area (Å²) in [6.07, 6.45) is 12.8. The highest BCUT2D eigenvalue weighted by molar-refractivity contribution is 5.90. The van der Waals surface area contributed by atoms with E-state index in [9.17, 15) is 14.7 Å². The van der Waals surface area contributed by atoms with Crippen molar-refractivity contribution in [1.29, 1.82) is 0 Å². The summed E-state index contributed by atoms with van der Waals surface area (Å²) in [4.78, 5) is 23.3. The van der Waals surface area contributed by atoms with Crippen molar-refractivity contribution >= 4 is 12.2 Å². The van der Waals surface area contributed by atoms with Crippen molar-refractivity contribution in [3.8, 4) is 5.75 Å². The van der Waals surface area contributed by atoms with E-state index in [-0.39, 0.29) is 11.7 Å². The normalized spacial score (nSPS) is 14.1. The second-order valence-electron chi connectivity index (χ2n) is 7.19. The molecule has 0 radical (unpaired) electrons. The Morgan fingerprint density at radius 3 is 2.48 bits per heavy atom. The van der Waals surface area contributed by atoms with Gasteiger partial charge in [0.15, 0.2) is 0 Å². The third kappa shape index (κ3) is 10.4. The van der Waals surface area contributed by atoms with Gasteiger partial charge >= 0.3 is 0 Å². The van der Waals surface area contributed by atoms with Gasteiger partial charge in [-0.25, -0.2) is 0 Å². The highest BCUT2D eigenvalue weighted by Crippen LogP contribution is 2.14. The zero-order valence-corrected chi connectivity index (χ0v) is 16.8. The number of carbonyl (C=O) groups excluding carboxylic acids is 2. The summed E-state index contributed by atoms with van der Waals surface area (Å²) < 4.78 is 0. The number of carbonyl (C=O) groups is 2. The van der Waals surface area contributed by atoms with E-state index in [1.54, 1.807) is 30.3 Å². The Morgan fingerprint density at radius 2 is 1.85 bits per heavy atom. The number of hydrogen-bond acceptors (Lipinski definition) is 3. The van der Waals surface area contributed by atoms with Gasteiger partial charge in [-0.05, 0) is 43.4 Å². The van der Waals surface area contributed by atoms with Gasteiger partial charge in [-0.15, -0.1) is 0 Å². The summed E-state index contributed by atoms with van der Waals surface area (Å²) >= 11 is 0. The van der Waals surface area contributed by atoms with Crippen molar-refractivity contribution in [3.05, 3.63) is 53.6 Å². The summed E-state index contributed by atoms with van der Waals surface area (Å²) in [5.74, 6) is 0.385. The van der Waals surface area contributed by atoms with Gasteiger partial charge in [0.2, 0.25) is 5.91 Å². The van der Waals surface area contributed by atoms with Crippen LogP contribution in [0.3, 0.4) is 0 Å². The van der Waals surface area contributed by atoms with Crippen LogP contribution >= 0.6 is 0 Å². The Hall–Kier alpha value is -2.36. The van der Waals surface area contributed by atoms with Gasteiger partial charge in [0.05, 0.1) is 6.04 Å². The Labute approximate surface area is 163 Å². The smallest absolute Gasteiger partial charge is 0.244 e. The van der Waals surface area contributed by atoms with Gasteiger partial charge < -0.3 is 15.2 Å². The summed E-state index contributed by atoms with van der Waals surface area (Å²) in [6.45, 7) is 6.40. The molecule has 2 atom stereocenters. The lowest BCUT2D eigenvalue weighted by molar-refractivity contribution is -0.120. The monoisotopic (exact) mass is 371 g/mol. The Bertz CT molecular complexity index is 632. The molecular weight excluding hydrogens is 338 g/mol. The Kier molecular flexibility index (Phi) is 10.8. The molecule has 1 unspecified atom stereocenters. The van der Waals surface area contributed by atoms with Crippen molar-refractivity contribution in [2.24, 2.45) is 5.92 Å². The van der Waals surface area contributed by atoms with Crippen LogP contribution < -0.4 is 5.32 Å². The van der Waals surface area contributed by atoms with E-state index in [4.69, 9.17) is 0 Å². The number of nitrogens with one attached hydrogen (secondary N) is 1. The van der Waals surface area contributed by atoms with Crippen LogP contribution in [0, 0.1) is 5.92 Å². The lowest BCUT2D eigenvalue weighted by Gasteiger charge is -2.11. The van der Waals surface area contributed by atoms with Crippen LogP contribution in [0.2, 0.25) is 0 Å². The van der Waals surface area contributed by atoms with Gasteiger partial charge in [-0.1, -0.05) is 69.4 Å². The lowest BCUT2D eigenvalue weighted by Crippen LogP contribution is -2.36. The van der Waals surface area contributed by atoms with E-state index in [0.717, 1.165) is 23.8 Å². The average molecular weight is 372 g/mol. The van der Waals surface area contributed by atoms with Crippen LogP contribution in [-0.2, 0) is 16.0 Å². The molecule has 4 heteroatoms. The number of allylic oxidation sites excluding steroid dienone is 3. The molecule has 0 heterocycles. The molecule has 148 valence electrons. The summed E-state index contributed by atoms with van der Waals surface area (Å²) in [5.41, 5.74) is 1.93. The molecule has 0 saturated carbocycles. The molecule has 1 aromatic carbocycles. The number of aromatic hydroxyl groups is 1. The number of rotatable bonds is 12. The molecule has 0 fully saturated rings.